The van der Waals surface area contributed by atoms with E-state index in [9.17, 15) is 6.85 Å². The molecule has 0 saturated heterocycles. The summed E-state index contributed by atoms with van der Waals surface area (Å²) in [5, 5.41) is 0.673. The Bertz CT molecular complexity index is 4920. The summed E-state index contributed by atoms with van der Waals surface area (Å²) in [5.74, 6) is 0.768. The van der Waals surface area contributed by atoms with Gasteiger partial charge in [0.2, 0.25) is 0 Å². The third-order valence-electron chi connectivity index (χ3n) is 16.2. The fourth-order valence-electron chi connectivity index (χ4n) is 11.6. The summed E-state index contributed by atoms with van der Waals surface area (Å²) in [6.07, 6.45) is 3.11. The van der Waals surface area contributed by atoms with Gasteiger partial charge in [0.1, 0.15) is 5.82 Å². The van der Waals surface area contributed by atoms with Crippen LogP contribution in [0.5, 0.6) is 11.5 Å². The number of ether oxygens (including phenoxy) is 1. The van der Waals surface area contributed by atoms with Gasteiger partial charge < -0.3 is 19.1 Å². The smallest absolute Gasteiger partial charge is 0.135 e. The molecule has 0 saturated carbocycles. The van der Waals surface area contributed by atoms with Crippen LogP contribution in [0.15, 0.2) is 206 Å². The first kappa shape index (κ1) is 41.9. The first-order chi connectivity index (χ1) is 43.9. The first-order valence-electron chi connectivity index (χ1n) is 33.7. The van der Waals surface area contributed by atoms with Crippen LogP contribution < -0.4 is 14.5 Å². The third-order valence-corrected chi connectivity index (χ3v) is 16.2. The fourth-order valence-corrected chi connectivity index (χ4v) is 11.6. The number of benzene rings is 9. The van der Waals surface area contributed by atoms with Gasteiger partial charge in [-0.3, -0.25) is 0 Å². The van der Waals surface area contributed by atoms with Crippen LogP contribution in [-0.4, -0.2) is 9.55 Å². The zero-order chi connectivity index (χ0) is 66.4. The molecule has 0 spiro atoms. The minimum Gasteiger partial charge on any atom is -0.509 e. The summed E-state index contributed by atoms with van der Waals surface area (Å²) >= 11 is 0. The van der Waals surface area contributed by atoms with Crippen molar-refractivity contribution in [3.05, 3.63) is 247 Å². The second kappa shape index (κ2) is 20.8. The van der Waals surface area contributed by atoms with Crippen LogP contribution in [0.3, 0.4) is 0 Å². The van der Waals surface area contributed by atoms with Crippen molar-refractivity contribution in [2.45, 2.75) is 104 Å². The largest absolute Gasteiger partial charge is 0.509 e. The van der Waals surface area contributed by atoms with Gasteiger partial charge in [-0.05, 0) is 132 Å². The van der Waals surface area contributed by atoms with E-state index in [4.69, 9.17) is 19.3 Å². The number of hydrogen-bond donors (Lipinski definition) is 0. The Hall–Kier alpha value is -7.98. The molecule has 0 fully saturated rings. The van der Waals surface area contributed by atoms with Gasteiger partial charge in [-0.15, -0.1) is 48.1 Å². The summed E-state index contributed by atoms with van der Waals surface area (Å²) in [6, 6.07) is 45.6. The van der Waals surface area contributed by atoms with Crippen LogP contribution in [-0.2, 0) is 42.7 Å². The van der Waals surface area contributed by atoms with Crippen LogP contribution in [0, 0.1) is 18.8 Å². The number of anilines is 4. The van der Waals surface area contributed by atoms with Crippen molar-refractivity contribution >= 4 is 44.6 Å². The number of para-hydroxylation sites is 3. The van der Waals surface area contributed by atoms with E-state index < -0.39 is 46.5 Å². The molecule has 11 aromatic rings. The quantitative estimate of drug-likeness (QED) is 0.135. The second-order valence-corrected chi connectivity index (χ2v) is 24.7. The van der Waals surface area contributed by atoms with Gasteiger partial charge in [0.15, 0.2) is 0 Å². The van der Waals surface area contributed by atoms with Crippen molar-refractivity contribution in [3.63, 3.8) is 0 Å². The van der Waals surface area contributed by atoms with Crippen molar-refractivity contribution in [2.75, 3.05) is 9.80 Å². The van der Waals surface area contributed by atoms with Crippen molar-refractivity contribution < 1.29 is 42.3 Å². The molecule has 82 heavy (non-hydrogen) atoms. The zero-order valence-electron chi connectivity index (χ0n) is 59.7. The van der Waals surface area contributed by atoms with E-state index in [1.165, 1.54) is 6.20 Å². The average Bonchev–Trinajstić information content (AvgIpc) is 1.09. The number of fused-ring (bicyclic) bond motifs is 5. The monoisotopic (exact) mass is 1260 g/mol. The van der Waals surface area contributed by atoms with E-state index in [0.717, 1.165) is 68.8 Å². The van der Waals surface area contributed by atoms with Crippen molar-refractivity contribution in [3.8, 4) is 61.8 Å². The molecule has 0 N–H and O–H groups in total. The molecule has 9 aromatic carbocycles. The molecule has 2 aliphatic rings. The maximum atomic E-state index is 10.4. The molecular formula is C76H69N4OPt-3. The predicted octanol–water partition coefficient (Wildman–Crippen LogP) is 20.6. The molecule has 0 bridgehead atoms. The Morgan fingerprint density at radius 1 is 0.549 bits per heavy atom. The van der Waals surface area contributed by atoms with Gasteiger partial charge >= 0.3 is 0 Å². The van der Waals surface area contributed by atoms with Gasteiger partial charge in [0, 0.05) is 78.0 Å². The standard InChI is InChI=1S/C76H69N4O.Pt/c1-73(2,3)55-43-61(53-28-21-27-52(41-53)50-23-13-11-14-24-50)72(62(44-55)54-35-38-64-66(42-54)76(9,10)40-39-75(64,7)8)79-49-78(68-33-19-20-34-69(68)79)56-29-22-30-57(45-56)81-58-36-37-60-59-31-17-18-32-67(59)80(70(60)46-58)71-47-65(74(4,5)6)63(48-77-71)51-25-15-12-16-26-51;/h11-38,41-44,47-49H,39-40H2,1-10H3;/q-3;/i12D,15D,16D,17D,18D,25D,26D,31D,32D,35D,38D,42D;. The van der Waals surface area contributed by atoms with E-state index >= 15 is 0 Å². The maximum Gasteiger partial charge on any atom is 0.135 e. The number of nitrogens with zero attached hydrogens (tertiary/aromatic N) is 4. The molecule has 0 atom stereocenters. The summed E-state index contributed by atoms with van der Waals surface area (Å²) in [4.78, 5) is 9.03. The number of rotatable bonds is 9. The van der Waals surface area contributed by atoms with Gasteiger partial charge in [-0.1, -0.05) is 202 Å². The summed E-state index contributed by atoms with van der Waals surface area (Å²) in [7, 11) is 0. The van der Waals surface area contributed by atoms with Gasteiger partial charge in [0.05, 0.1) is 16.4 Å². The second-order valence-electron chi connectivity index (χ2n) is 24.7. The van der Waals surface area contributed by atoms with Crippen molar-refractivity contribution in [2.24, 2.45) is 0 Å². The topological polar surface area (TPSA) is 33.5 Å². The van der Waals surface area contributed by atoms with E-state index in [1.807, 2.05) is 80.9 Å². The van der Waals surface area contributed by atoms with Crippen molar-refractivity contribution in [1.29, 1.82) is 0 Å². The van der Waals surface area contributed by atoms with Crippen molar-refractivity contribution in [1.82, 2.24) is 9.55 Å². The molecular weight excluding hydrogens is 1180 g/mol. The van der Waals surface area contributed by atoms with E-state index in [2.05, 4.69) is 120 Å². The summed E-state index contributed by atoms with van der Waals surface area (Å²) in [6.45, 7) is 22.9. The predicted molar refractivity (Wildman–Crippen MR) is 339 cm³/mol. The molecule has 0 unspecified atom stereocenters. The normalized spacial score (nSPS) is 16.7. The van der Waals surface area contributed by atoms with Gasteiger partial charge in [-0.25, -0.2) is 4.98 Å². The molecule has 1 aliphatic heterocycles. The summed E-state index contributed by atoms with van der Waals surface area (Å²) in [5.41, 5.74) is 9.86. The average molecular weight is 1260 g/mol. The molecule has 0 amide bonds. The molecule has 0 radical (unpaired) electrons. The van der Waals surface area contributed by atoms with Crippen LogP contribution in [0.2, 0.25) is 0 Å². The molecule has 412 valence electrons. The molecule has 5 nitrogen and oxygen atoms in total. The van der Waals surface area contributed by atoms with Crippen LogP contribution in [0.4, 0.5) is 22.7 Å². The molecule has 6 heteroatoms. The Morgan fingerprint density at radius 2 is 1.20 bits per heavy atom. The maximum absolute atomic E-state index is 10.4. The van der Waals surface area contributed by atoms with E-state index in [1.54, 1.807) is 28.8 Å². The third kappa shape index (κ3) is 9.85. The SMILES string of the molecule is [2H]c1c([2H])c([2H])c(-c2cnc(-n3c4[c-]c(Oc5[c-]c(N6[CH-]N(c7c(-c8cccc(-c9ccccc9)c8)cc(C(C)(C)C)cc7-c7c([2H])c([2H])c8c(c7[2H])C(C)(C)CCC8(C)C)c7ccccc76)ccc5)ccc4c4c([2H])c([2H])c([2H])c([2H])c43)cc2C(C)(C)C)c([2H])c1[2H].[Pt]. The number of aromatic nitrogens is 2. The zero-order valence-corrected chi connectivity index (χ0v) is 50.0. The van der Waals surface area contributed by atoms with E-state index in [-0.39, 0.29) is 96.8 Å². The molecule has 1 aliphatic carbocycles. The molecule has 3 heterocycles. The minimum absolute atomic E-state index is 0. The molecule has 2 aromatic heterocycles. The fraction of sp³-hybridized carbons (Fsp3) is 0.211. The van der Waals surface area contributed by atoms with E-state index in [0.29, 0.717) is 44.6 Å². The number of hydrogen-bond acceptors (Lipinski definition) is 4. The first-order valence-corrected chi connectivity index (χ1v) is 27.7. The number of pyridine rings is 1. The van der Waals surface area contributed by atoms with Crippen LogP contribution in [0.1, 0.15) is 121 Å². The van der Waals surface area contributed by atoms with Crippen LogP contribution >= 0.6 is 0 Å². The Labute approximate surface area is 516 Å². The molecule has 13 rings (SSSR count). The minimum atomic E-state index is -0.702. The summed E-state index contributed by atoms with van der Waals surface area (Å²) < 4.78 is 118. The Morgan fingerprint density at radius 3 is 1.94 bits per heavy atom. The Kier molecular flexibility index (Phi) is 10.6. The van der Waals surface area contributed by atoms with Gasteiger partial charge in [-0.2, -0.15) is 12.1 Å². The van der Waals surface area contributed by atoms with Gasteiger partial charge in [0.25, 0.3) is 0 Å². The van der Waals surface area contributed by atoms with Crippen LogP contribution in [0.25, 0.3) is 72.1 Å². The Balaban J connectivity index is 0.00000848.